The molecule has 2 aliphatic carbocycles. The zero-order valence-corrected chi connectivity index (χ0v) is 12.6. The van der Waals surface area contributed by atoms with Crippen LogP contribution in [0.15, 0.2) is 22.7 Å². The summed E-state index contributed by atoms with van der Waals surface area (Å²) < 4.78 is 6.46. The molecule has 108 valence electrons. The second-order valence-electron chi connectivity index (χ2n) is 5.74. The third-order valence-electron chi connectivity index (χ3n) is 4.79. The molecule has 2 atom stereocenters. The van der Waals surface area contributed by atoms with E-state index in [9.17, 15) is 10.1 Å². The summed E-state index contributed by atoms with van der Waals surface area (Å²) in [5, 5.41) is 10.9. The molecule has 1 spiro atoms. The van der Waals surface area contributed by atoms with Crippen LogP contribution in [-0.2, 0) is 0 Å². The van der Waals surface area contributed by atoms with Crippen molar-refractivity contribution < 1.29 is 9.66 Å². The molecule has 5 nitrogen and oxygen atoms in total. The monoisotopic (exact) mass is 340 g/mol. The molecule has 0 saturated heterocycles. The molecule has 0 aliphatic heterocycles. The van der Waals surface area contributed by atoms with Crippen LogP contribution in [0.4, 0.5) is 5.69 Å². The van der Waals surface area contributed by atoms with Gasteiger partial charge in [-0.1, -0.05) is 18.9 Å². The van der Waals surface area contributed by atoms with Crippen molar-refractivity contribution in [3.63, 3.8) is 0 Å². The Morgan fingerprint density at radius 3 is 2.70 bits per heavy atom. The largest absolute Gasteiger partial charge is 0.488 e. The van der Waals surface area contributed by atoms with E-state index >= 15 is 0 Å². The average molecular weight is 341 g/mol. The van der Waals surface area contributed by atoms with Crippen molar-refractivity contribution in [1.29, 1.82) is 0 Å². The summed E-state index contributed by atoms with van der Waals surface area (Å²) in [5.74, 6) is 0.544. The predicted octanol–water partition coefficient (Wildman–Crippen LogP) is 3.40. The Morgan fingerprint density at radius 1 is 1.40 bits per heavy atom. The number of rotatable bonds is 3. The fraction of sp³-hybridized carbons (Fsp3) is 0.571. The van der Waals surface area contributed by atoms with E-state index < -0.39 is 4.92 Å². The van der Waals surface area contributed by atoms with Gasteiger partial charge in [0.1, 0.15) is 16.3 Å². The van der Waals surface area contributed by atoms with Gasteiger partial charge in [-0.3, -0.25) is 10.1 Å². The topological polar surface area (TPSA) is 78.4 Å². The van der Waals surface area contributed by atoms with E-state index in [0.717, 1.165) is 19.3 Å². The van der Waals surface area contributed by atoms with Crippen molar-refractivity contribution in [1.82, 2.24) is 0 Å². The number of benzene rings is 1. The van der Waals surface area contributed by atoms with Crippen LogP contribution < -0.4 is 10.5 Å². The van der Waals surface area contributed by atoms with Gasteiger partial charge in [-0.2, -0.15) is 0 Å². The van der Waals surface area contributed by atoms with Crippen molar-refractivity contribution in [2.75, 3.05) is 0 Å². The van der Waals surface area contributed by atoms with E-state index in [4.69, 9.17) is 10.5 Å². The van der Waals surface area contributed by atoms with Gasteiger partial charge in [0.05, 0.1) is 4.92 Å². The van der Waals surface area contributed by atoms with Gasteiger partial charge in [-0.05, 0) is 34.8 Å². The van der Waals surface area contributed by atoms with Gasteiger partial charge in [-0.15, -0.1) is 0 Å². The zero-order valence-electron chi connectivity index (χ0n) is 11.0. The van der Waals surface area contributed by atoms with Crippen LogP contribution >= 0.6 is 15.9 Å². The highest BCUT2D eigenvalue weighted by Gasteiger charge is 2.56. The molecule has 3 rings (SSSR count). The Bertz CT molecular complexity index is 543. The Morgan fingerprint density at radius 2 is 2.10 bits per heavy atom. The van der Waals surface area contributed by atoms with Crippen LogP contribution in [-0.4, -0.2) is 17.1 Å². The number of nitro groups is 1. The molecule has 20 heavy (non-hydrogen) atoms. The molecule has 2 fully saturated rings. The fourth-order valence-corrected chi connectivity index (χ4v) is 4.06. The minimum absolute atomic E-state index is 0.0339. The summed E-state index contributed by atoms with van der Waals surface area (Å²) in [6, 6.07) is 5.09. The number of hydrogen-bond donors (Lipinski definition) is 1. The molecule has 2 saturated carbocycles. The van der Waals surface area contributed by atoms with Crippen molar-refractivity contribution in [3.05, 3.63) is 32.8 Å². The lowest BCUT2D eigenvalue weighted by molar-refractivity contribution is -0.385. The van der Waals surface area contributed by atoms with Crippen LogP contribution in [0.1, 0.15) is 32.1 Å². The number of ether oxygens (including phenoxy) is 1. The maximum Gasteiger partial charge on any atom is 0.287 e. The lowest BCUT2D eigenvalue weighted by Gasteiger charge is -2.52. The zero-order chi connectivity index (χ0) is 14.3. The number of nitrogens with zero attached hydrogens (tertiary/aromatic N) is 1. The molecule has 0 aromatic heterocycles. The standard InChI is InChI=1S/C14H17BrN2O3/c15-13-9(17(18)19)4-3-5-10(13)20-12-8-11(16)14(12)6-1-2-7-14/h3-5,11-12H,1-2,6-8,16H2. The third kappa shape index (κ3) is 2.02. The normalized spacial score (nSPS) is 27.3. The fourth-order valence-electron chi connectivity index (χ4n) is 3.55. The number of nitrogens with two attached hydrogens (primary N) is 1. The second-order valence-corrected chi connectivity index (χ2v) is 6.53. The van der Waals surface area contributed by atoms with E-state index in [0.29, 0.717) is 10.2 Å². The molecular formula is C14H17BrN2O3. The van der Waals surface area contributed by atoms with Gasteiger partial charge in [0.15, 0.2) is 0 Å². The SMILES string of the molecule is NC1CC(Oc2cccc([N+](=O)[O-])c2Br)C12CCCC2. The van der Waals surface area contributed by atoms with Gasteiger partial charge < -0.3 is 10.5 Å². The highest BCUT2D eigenvalue weighted by atomic mass is 79.9. The van der Waals surface area contributed by atoms with Crippen molar-refractivity contribution in [2.24, 2.45) is 11.1 Å². The van der Waals surface area contributed by atoms with Crippen LogP contribution in [0.5, 0.6) is 5.75 Å². The van der Waals surface area contributed by atoms with Gasteiger partial charge >= 0.3 is 0 Å². The van der Waals surface area contributed by atoms with Crippen LogP contribution in [0.3, 0.4) is 0 Å². The molecule has 1 aromatic carbocycles. The molecule has 0 heterocycles. The molecule has 6 heteroatoms. The Hall–Kier alpha value is -1.14. The Kier molecular flexibility index (Phi) is 3.46. The Labute approximate surface area is 125 Å². The third-order valence-corrected chi connectivity index (χ3v) is 5.59. The number of halogens is 1. The number of hydrogen-bond acceptors (Lipinski definition) is 4. The first-order chi connectivity index (χ1) is 9.54. The highest BCUT2D eigenvalue weighted by Crippen LogP contribution is 2.54. The van der Waals surface area contributed by atoms with E-state index in [-0.39, 0.29) is 23.2 Å². The first kappa shape index (κ1) is 13.8. The summed E-state index contributed by atoms with van der Waals surface area (Å²) in [7, 11) is 0. The van der Waals surface area contributed by atoms with Gasteiger partial charge in [0, 0.05) is 23.9 Å². The minimum atomic E-state index is -0.408. The van der Waals surface area contributed by atoms with Crippen molar-refractivity contribution in [2.45, 2.75) is 44.2 Å². The maximum atomic E-state index is 10.9. The molecule has 0 radical (unpaired) electrons. The maximum absolute atomic E-state index is 10.9. The molecule has 2 unspecified atom stereocenters. The first-order valence-electron chi connectivity index (χ1n) is 6.90. The number of nitro benzene ring substituents is 1. The molecule has 0 amide bonds. The molecular weight excluding hydrogens is 324 g/mol. The quantitative estimate of drug-likeness (QED) is 0.675. The summed E-state index contributed by atoms with van der Waals surface area (Å²) >= 11 is 3.28. The lowest BCUT2D eigenvalue weighted by atomic mass is 9.61. The van der Waals surface area contributed by atoms with Crippen molar-refractivity contribution in [3.8, 4) is 5.75 Å². The van der Waals surface area contributed by atoms with E-state index in [2.05, 4.69) is 15.9 Å². The molecule has 2 aliphatic rings. The second kappa shape index (κ2) is 5.00. The highest BCUT2D eigenvalue weighted by molar-refractivity contribution is 9.10. The van der Waals surface area contributed by atoms with E-state index in [1.807, 2.05) is 0 Å². The average Bonchev–Trinajstić information content (AvgIpc) is 2.92. The summed E-state index contributed by atoms with van der Waals surface area (Å²) in [4.78, 5) is 10.5. The van der Waals surface area contributed by atoms with Gasteiger partial charge in [0.25, 0.3) is 5.69 Å². The summed E-state index contributed by atoms with van der Waals surface area (Å²) in [5.41, 5.74) is 6.30. The first-order valence-corrected chi connectivity index (χ1v) is 7.69. The van der Waals surface area contributed by atoms with Crippen LogP contribution in [0.25, 0.3) is 0 Å². The molecule has 1 aromatic rings. The van der Waals surface area contributed by atoms with E-state index in [1.165, 1.54) is 18.9 Å². The molecule has 0 bridgehead atoms. The van der Waals surface area contributed by atoms with Crippen LogP contribution in [0.2, 0.25) is 0 Å². The summed E-state index contributed by atoms with van der Waals surface area (Å²) in [6.07, 6.45) is 5.51. The van der Waals surface area contributed by atoms with E-state index in [1.54, 1.807) is 12.1 Å². The lowest BCUT2D eigenvalue weighted by Crippen LogP contribution is -2.62. The predicted molar refractivity (Wildman–Crippen MR) is 78.7 cm³/mol. The minimum Gasteiger partial charge on any atom is -0.488 e. The smallest absolute Gasteiger partial charge is 0.287 e. The van der Waals surface area contributed by atoms with Crippen LogP contribution in [0, 0.1) is 15.5 Å². The van der Waals surface area contributed by atoms with Crippen molar-refractivity contribution >= 4 is 21.6 Å². The Balaban J connectivity index is 1.82. The van der Waals surface area contributed by atoms with Gasteiger partial charge in [0.2, 0.25) is 0 Å². The summed E-state index contributed by atoms with van der Waals surface area (Å²) in [6.45, 7) is 0. The van der Waals surface area contributed by atoms with Gasteiger partial charge in [-0.25, -0.2) is 0 Å². The molecule has 2 N–H and O–H groups in total.